The molecule has 0 saturated heterocycles. The van der Waals surface area contributed by atoms with Gasteiger partial charge in [0.2, 0.25) is 11.2 Å². The zero-order chi connectivity index (χ0) is 13.7. The molecule has 0 aliphatic heterocycles. The topological polar surface area (TPSA) is 51.1 Å². The molecule has 0 fully saturated rings. The molecular weight excluding hydrogens is 264 g/mol. The molecule has 2 rings (SSSR count). The van der Waals surface area contributed by atoms with Gasteiger partial charge in [0.25, 0.3) is 0 Å². The molecule has 6 heteroatoms. The predicted molar refractivity (Wildman–Crippen MR) is 74.8 cm³/mol. The number of methoxy groups -OCH3 is 1. The third kappa shape index (κ3) is 3.79. The van der Waals surface area contributed by atoms with Crippen LogP contribution in [-0.2, 0) is 6.42 Å². The molecule has 0 N–H and O–H groups in total. The first-order valence-electron chi connectivity index (χ1n) is 5.89. The van der Waals surface area contributed by atoms with Gasteiger partial charge in [-0.05, 0) is 23.6 Å². The van der Waals surface area contributed by atoms with E-state index in [1.807, 2.05) is 30.1 Å². The van der Waals surface area contributed by atoms with Gasteiger partial charge in [-0.1, -0.05) is 30.3 Å². The normalized spacial score (nSPS) is 10.3. The fourth-order valence-corrected chi connectivity index (χ4v) is 1.77. The van der Waals surface area contributed by atoms with Gasteiger partial charge in [0, 0.05) is 13.6 Å². The van der Waals surface area contributed by atoms with Gasteiger partial charge < -0.3 is 9.64 Å². The average Bonchev–Trinajstić information content (AvgIpc) is 2.45. The Morgan fingerprint density at radius 1 is 1.16 bits per heavy atom. The fourth-order valence-electron chi connectivity index (χ4n) is 1.63. The maximum Gasteiger partial charge on any atom is 0.322 e. The molecule has 19 heavy (non-hydrogen) atoms. The average molecular weight is 279 g/mol. The smallest absolute Gasteiger partial charge is 0.322 e. The van der Waals surface area contributed by atoms with Crippen LogP contribution in [-0.4, -0.2) is 35.7 Å². The summed E-state index contributed by atoms with van der Waals surface area (Å²) in [6.45, 7) is 0.785. The summed E-state index contributed by atoms with van der Waals surface area (Å²) >= 11 is 5.82. The number of aromatic nitrogens is 3. The molecule has 5 nitrogen and oxygen atoms in total. The minimum Gasteiger partial charge on any atom is -0.467 e. The van der Waals surface area contributed by atoms with Crippen LogP contribution in [0.5, 0.6) is 6.01 Å². The maximum absolute atomic E-state index is 5.82. The molecule has 0 unspecified atom stereocenters. The summed E-state index contributed by atoms with van der Waals surface area (Å²) in [4.78, 5) is 14.0. The van der Waals surface area contributed by atoms with Gasteiger partial charge in [0.15, 0.2) is 0 Å². The van der Waals surface area contributed by atoms with Gasteiger partial charge in [-0.15, -0.1) is 0 Å². The van der Waals surface area contributed by atoms with Crippen LogP contribution < -0.4 is 9.64 Å². The van der Waals surface area contributed by atoms with Crippen LogP contribution in [0.3, 0.4) is 0 Å². The number of rotatable bonds is 5. The van der Waals surface area contributed by atoms with E-state index in [0.717, 1.165) is 13.0 Å². The van der Waals surface area contributed by atoms with Crippen molar-refractivity contribution in [3.63, 3.8) is 0 Å². The highest BCUT2D eigenvalue weighted by Crippen LogP contribution is 2.14. The Kier molecular flexibility index (Phi) is 4.52. The van der Waals surface area contributed by atoms with E-state index >= 15 is 0 Å². The Balaban J connectivity index is 2.03. The summed E-state index contributed by atoms with van der Waals surface area (Å²) < 4.78 is 4.98. The van der Waals surface area contributed by atoms with Crippen LogP contribution in [0, 0.1) is 0 Å². The van der Waals surface area contributed by atoms with E-state index < -0.39 is 0 Å². The van der Waals surface area contributed by atoms with Crippen LogP contribution in [0.1, 0.15) is 5.56 Å². The van der Waals surface area contributed by atoms with E-state index in [0.29, 0.717) is 5.95 Å². The SMILES string of the molecule is COc1nc(Cl)nc(N(C)CCc2ccccc2)n1. The van der Waals surface area contributed by atoms with E-state index in [-0.39, 0.29) is 11.3 Å². The number of ether oxygens (including phenoxy) is 1. The second-order valence-electron chi connectivity index (χ2n) is 4.05. The largest absolute Gasteiger partial charge is 0.467 e. The van der Waals surface area contributed by atoms with Crippen molar-refractivity contribution in [2.45, 2.75) is 6.42 Å². The summed E-state index contributed by atoms with van der Waals surface area (Å²) in [6.07, 6.45) is 0.906. The number of likely N-dealkylation sites (N-methyl/N-ethyl adjacent to an activating group) is 1. The zero-order valence-corrected chi connectivity index (χ0v) is 11.6. The quantitative estimate of drug-likeness (QED) is 0.839. The van der Waals surface area contributed by atoms with Crippen molar-refractivity contribution in [3.8, 4) is 6.01 Å². The Hall–Kier alpha value is -1.88. The first kappa shape index (κ1) is 13.5. The molecule has 100 valence electrons. The number of benzene rings is 1. The van der Waals surface area contributed by atoms with E-state index in [1.165, 1.54) is 12.7 Å². The van der Waals surface area contributed by atoms with E-state index in [1.54, 1.807) is 0 Å². The van der Waals surface area contributed by atoms with Crippen LogP contribution in [0.25, 0.3) is 0 Å². The standard InChI is InChI=1S/C13H15ClN4O/c1-18(9-8-10-6-4-3-5-7-10)12-15-11(14)16-13(17-12)19-2/h3-7H,8-9H2,1-2H3. The summed E-state index contributed by atoms with van der Waals surface area (Å²) in [6, 6.07) is 10.5. The molecule has 0 bridgehead atoms. The second kappa shape index (κ2) is 6.33. The van der Waals surface area contributed by atoms with Crippen LogP contribution in [0.4, 0.5) is 5.95 Å². The minimum absolute atomic E-state index is 0.133. The highest BCUT2D eigenvalue weighted by Gasteiger charge is 2.09. The Bertz CT molecular complexity index is 535. The van der Waals surface area contributed by atoms with Gasteiger partial charge >= 0.3 is 6.01 Å². The molecule has 1 aromatic heterocycles. The van der Waals surface area contributed by atoms with E-state index in [9.17, 15) is 0 Å². The molecule has 0 aliphatic carbocycles. The predicted octanol–water partition coefficient (Wildman–Crippen LogP) is 2.21. The molecule has 0 radical (unpaired) electrons. The van der Waals surface area contributed by atoms with Crippen molar-refractivity contribution in [2.75, 3.05) is 25.6 Å². The number of halogens is 1. The van der Waals surface area contributed by atoms with Gasteiger partial charge in [-0.25, -0.2) is 0 Å². The summed E-state index contributed by atoms with van der Waals surface area (Å²) in [5.41, 5.74) is 1.27. The monoisotopic (exact) mass is 278 g/mol. The van der Waals surface area contributed by atoms with Crippen LogP contribution >= 0.6 is 11.6 Å². The van der Waals surface area contributed by atoms with Crippen molar-refractivity contribution in [2.24, 2.45) is 0 Å². The highest BCUT2D eigenvalue weighted by atomic mass is 35.5. The summed E-state index contributed by atoms with van der Waals surface area (Å²) in [5.74, 6) is 0.507. The van der Waals surface area contributed by atoms with Crippen molar-refractivity contribution in [1.82, 2.24) is 15.0 Å². The minimum atomic E-state index is 0.133. The molecular formula is C13H15ClN4O. The molecule has 0 aliphatic rings. The third-order valence-electron chi connectivity index (χ3n) is 2.68. The van der Waals surface area contributed by atoms with E-state index in [2.05, 4.69) is 27.1 Å². The number of nitrogens with zero attached hydrogens (tertiary/aromatic N) is 4. The third-order valence-corrected chi connectivity index (χ3v) is 2.85. The molecule has 0 spiro atoms. The molecule has 0 atom stereocenters. The van der Waals surface area contributed by atoms with E-state index in [4.69, 9.17) is 16.3 Å². The van der Waals surface area contributed by atoms with Crippen molar-refractivity contribution in [3.05, 3.63) is 41.2 Å². The lowest BCUT2D eigenvalue weighted by molar-refractivity contribution is 0.378. The molecule has 1 heterocycles. The van der Waals surface area contributed by atoms with Crippen LogP contribution in [0.15, 0.2) is 30.3 Å². The first-order valence-corrected chi connectivity index (χ1v) is 6.27. The Morgan fingerprint density at radius 3 is 2.58 bits per heavy atom. The molecule has 2 aromatic rings. The molecule has 0 saturated carbocycles. The fraction of sp³-hybridized carbons (Fsp3) is 0.308. The number of anilines is 1. The lowest BCUT2D eigenvalue weighted by Gasteiger charge is -2.17. The molecule has 1 aromatic carbocycles. The second-order valence-corrected chi connectivity index (χ2v) is 4.39. The van der Waals surface area contributed by atoms with Crippen LogP contribution in [0.2, 0.25) is 5.28 Å². The number of hydrogen-bond acceptors (Lipinski definition) is 5. The first-order chi connectivity index (χ1) is 9.19. The van der Waals surface area contributed by atoms with Gasteiger partial charge in [-0.3, -0.25) is 0 Å². The lowest BCUT2D eigenvalue weighted by atomic mass is 10.1. The van der Waals surface area contributed by atoms with Crippen molar-refractivity contribution in [1.29, 1.82) is 0 Å². The number of hydrogen-bond donors (Lipinski definition) is 0. The Morgan fingerprint density at radius 2 is 1.89 bits per heavy atom. The molecule has 0 amide bonds. The summed E-state index contributed by atoms with van der Waals surface area (Å²) in [5, 5.41) is 0.133. The van der Waals surface area contributed by atoms with Crippen molar-refractivity contribution >= 4 is 17.5 Å². The Labute approximate surface area is 117 Å². The lowest BCUT2D eigenvalue weighted by Crippen LogP contribution is -2.23. The van der Waals surface area contributed by atoms with Gasteiger partial charge in [0.1, 0.15) is 0 Å². The highest BCUT2D eigenvalue weighted by molar-refractivity contribution is 6.28. The zero-order valence-electron chi connectivity index (χ0n) is 10.9. The van der Waals surface area contributed by atoms with Gasteiger partial charge in [-0.2, -0.15) is 15.0 Å². The maximum atomic E-state index is 5.82. The van der Waals surface area contributed by atoms with Crippen molar-refractivity contribution < 1.29 is 4.74 Å². The van der Waals surface area contributed by atoms with Gasteiger partial charge in [0.05, 0.1) is 7.11 Å². The summed E-state index contributed by atoms with van der Waals surface area (Å²) in [7, 11) is 3.41.